The van der Waals surface area contributed by atoms with Gasteiger partial charge in [-0.05, 0) is 37.9 Å². The summed E-state index contributed by atoms with van der Waals surface area (Å²) in [6.07, 6.45) is 2.78. The SMILES string of the molecule is CN(CCCNC(=O)C1CCCN1)c1ccccc1F.Cl. The zero-order valence-corrected chi connectivity index (χ0v) is 13.1. The normalized spacial score (nSPS) is 17.1. The molecule has 0 spiro atoms. The van der Waals surface area contributed by atoms with Crippen molar-refractivity contribution in [1.82, 2.24) is 10.6 Å². The van der Waals surface area contributed by atoms with Gasteiger partial charge < -0.3 is 15.5 Å². The van der Waals surface area contributed by atoms with Crippen molar-refractivity contribution in [3.8, 4) is 0 Å². The lowest BCUT2D eigenvalue weighted by Gasteiger charge is -2.20. The Hall–Kier alpha value is -1.33. The van der Waals surface area contributed by atoms with Gasteiger partial charge in [-0.1, -0.05) is 12.1 Å². The smallest absolute Gasteiger partial charge is 0.237 e. The molecule has 1 saturated heterocycles. The number of anilines is 1. The van der Waals surface area contributed by atoms with Crippen LogP contribution in [0.15, 0.2) is 24.3 Å². The summed E-state index contributed by atoms with van der Waals surface area (Å²) in [5.41, 5.74) is 0.594. The molecule has 1 fully saturated rings. The minimum absolute atomic E-state index is 0. The average Bonchev–Trinajstić information content (AvgIpc) is 2.98. The van der Waals surface area contributed by atoms with Crippen LogP contribution in [0.3, 0.4) is 0 Å². The number of carbonyl (C=O) groups excluding carboxylic acids is 1. The fourth-order valence-electron chi connectivity index (χ4n) is 2.44. The van der Waals surface area contributed by atoms with Crippen LogP contribution in [0.4, 0.5) is 10.1 Å². The van der Waals surface area contributed by atoms with Crippen LogP contribution in [0.5, 0.6) is 0 Å². The molecular formula is C15H23ClFN3O. The highest BCUT2D eigenvalue weighted by Crippen LogP contribution is 2.16. The molecule has 118 valence electrons. The highest BCUT2D eigenvalue weighted by molar-refractivity contribution is 5.85. The first-order valence-corrected chi connectivity index (χ1v) is 7.15. The molecule has 0 aromatic heterocycles. The molecule has 21 heavy (non-hydrogen) atoms. The van der Waals surface area contributed by atoms with Gasteiger partial charge in [-0.25, -0.2) is 4.39 Å². The molecule has 1 amide bonds. The van der Waals surface area contributed by atoms with Crippen molar-refractivity contribution < 1.29 is 9.18 Å². The first-order valence-electron chi connectivity index (χ1n) is 7.15. The maximum Gasteiger partial charge on any atom is 0.237 e. The van der Waals surface area contributed by atoms with Crippen LogP contribution in [0.25, 0.3) is 0 Å². The van der Waals surface area contributed by atoms with Crippen molar-refractivity contribution in [3.05, 3.63) is 30.1 Å². The highest BCUT2D eigenvalue weighted by atomic mass is 35.5. The number of para-hydroxylation sites is 1. The van der Waals surface area contributed by atoms with E-state index in [-0.39, 0.29) is 30.2 Å². The topological polar surface area (TPSA) is 44.4 Å². The Bertz CT molecular complexity index is 452. The molecule has 1 aromatic rings. The molecule has 0 radical (unpaired) electrons. The van der Waals surface area contributed by atoms with Gasteiger partial charge in [0.05, 0.1) is 11.7 Å². The van der Waals surface area contributed by atoms with Crippen LogP contribution in [0.2, 0.25) is 0 Å². The molecule has 1 aliphatic rings. The van der Waals surface area contributed by atoms with E-state index in [0.29, 0.717) is 18.8 Å². The second-order valence-electron chi connectivity index (χ2n) is 5.17. The molecule has 1 aliphatic heterocycles. The molecule has 0 bridgehead atoms. The lowest BCUT2D eigenvalue weighted by atomic mass is 10.2. The number of carbonyl (C=O) groups is 1. The number of nitrogens with one attached hydrogen (secondary N) is 2. The van der Waals surface area contributed by atoms with Gasteiger partial charge in [-0.15, -0.1) is 12.4 Å². The number of hydrogen-bond acceptors (Lipinski definition) is 3. The fourth-order valence-corrected chi connectivity index (χ4v) is 2.44. The van der Waals surface area contributed by atoms with Crippen LogP contribution < -0.4 is 15.5 Å². The number of hydrogen-bond donors (Lipinski definition) is 2. The van der Waals surface area contributed by atoms with Crippen LogP contribution >= 0.6 is 12.4 Å². The highest BCUT2D eigenvalue weighted by Gasteiger charge is 2.21. The van der Waals surface area contributed by atoms with E-state index in [2.05, 4.69) is 10.6 Å². The van der Waals surface area contributed by atoms with Crippen LogP contribution in [0, 0.1) is 5.82 Å². The van der Waals surface area contributed by atoms with E-state index in [1.807, 2.05) is 18.0 Å². The Morgan fingerprint density at radius 2 is 2.24 bits per heavy atom. The monoisotopic (exact) mass is 315 g/mol. The molecule has 1 heterocycles. The quantitative estimate of drug-likeness (QED) is 0.789. The lowest BCUT2D eigenvalue weighted by molar-refractivity contribution is -0.122. The van der Waals surface area contributed by atoms with E-state index in [4.69, 9.17) is 0 Å². The standard InChI is InChI=1S/C15H22FN3O.ClH/c1-19(14-8-3-2-6-12(14)16)11-5-10-18-15(20)13-7-4-9-17-13;/h2-3,6,8,13,17H,4-5,7,9-11H2,1H3,(H,18,20);1H. The van der Waals surface area contributed by atoms with E-state index in [1.165, 1.54) is 6.07 Å². The predicted molar refractivity (Wildman–Crippen MR) is 85.6 cm³/mol. The van der Waals surface area contributed by atoms with Crippen molar-refractivity contribution in [2.24, 2.45) is 0 Å². The van der Waals surface area contributed by atoms with Crippen molar-refractivity contribution in [2.75, 3.05) is 31.6 Å². The van der Waals surface area contributed by atoms with Gasteiger partial charge in [0, 0.05) is 20.1 Å². The van der Waals surface area contributed by atoms with Gasteiger partial charge >= 0.3 is 0 Å². The molecule has 0 saturated carbocycles. The maximum atomic E-state index is 13.6. The van der Waals surface area contributed by atoms with E-state index in [0.717, 1.165) is 25.8 Å². The summed E-state index contributed by atoms with van der Waals surface area (Å²) in [5.74, 6) is -0.134. The molecule has 1 unspecified atom stereocenters. The van der Waals surface area contributed by atoms with Gasteiger partial charge in [0.1, 0.15) is 5.82 Å². The Morgan fingerprint density at radius 3 is 2.90 bits per heavy atom. The number of halogens is 2. The third kappa shape index (κ3) is 5.17. The first kappa shape index (κ1) is 17.7. The number of amides is 1. The van der Waals surface area contributed by atoms with Crippen molar-refractivity contribution >= 4 is 24.0 Å². The van der Waals surface area contributed by atoms with E-state index < -0.39 is 0 Å². The molecular weight excluding hydrogens is 293 g/mol. The van der Waals surface area contributed by atoms with Crippen LogP contribution in [-0.4, -0.2) is 38.6 Å². The molecule has 0 aliphatic carbocycles. The second kappa shape index (κ2) is 8.85. The Balaban J connectivity index is 0.00000220. The molecule has 1 aromatic carbocycles. The minimum Gasteiger partial charge on any atom is -0.372 e. The molecule has 2 rings (SSSR count). The average molecular weight is 316 g/mol. The summed E-state index contributed by atoms with van der Waals surface area (Å²) < 4.78 is 13.6. The summed E-state index contributed by atoms with van der Waals surface area (Å²) in [6.45, 7) is 2.25. The van der Waals surface area contributed by atoms with E-state index >= 15 is 0 Å². The largest absolute Gasteiger partial charge is 0.372 e. The molecule has 2 N–H and O–H groups in total. The summed E-state index contributed by atoms with van der Waals surface area (Å²) in [7, 11) is 1.86. The first-order chi connectivity index (χ1) is 9.68. The molecule has 4 nitrogen and oxygen atoms in total. The summed E-state index contributed by atoms with van der Waals surface area (Å²) in [5, 5.41) is 6.09. The van der Waals surface area contributed by atoms with Crippen molar-refractivity contribution in [3.63, 3.8) is 0 Å². The summed E-state index contributed by atoms with van der Waals surface area (Å²) >= 11 is 0. The van der Waals surface area contributed by atoms with Crippen LogP contribution in [-0.2, 0) is 4.79 Å². The van der Waals surface area contributed by atoms with Gasteiger partial charge in [0.15, 0.2) is 0 Å². The van der Waals surface area contributed by atoms with Crippen LogP contribution in [0.1, 0.15) is 19.3 Å². The Kier molecular flexibility index (Phi) is 7.47. The van der Waals surface area contributed by atoms with Crippen molar-refractivity contribution in [2.45, 2.75) is 25.3 Å². The molecule has 6 heteroatoms. The maximum absolute atomic E-state index is 13.6. The Morgan fingerprint density at radius 1 is 1.48 bits per heavy atom. The lowest BCUT2D eigenvalue weighted by Crippen LogP contribution is -2.41. The summed E-state index contributed by atoms with van der Waals surface area (Å²) in [6, 6.07) is 6.69. The zero-order chi connectivity index (χ0) is 14.4. The van der Waals surface area contributed by atoms with Gasteiger partial charge in [-0.2, -0.15) is 0 Å². The van der Waals surface area contributed by atoms with E-state index in [9.17, 15) is 9.18 Å². The fraction of sp³-hybridized carbons (Fsp3) is 0.533. The van der Waals surface area contributed by atoms with E-state index in [1.54, 1.807) is 12.1 Å². The van der Waals surface area contributed by atoms with Gasteiger partial charge in [-0.3, -0.25) is 4.79 Å². The predicted octanol–water partition coefficient (Wildman–Crippen LogP) is 1.94. The third-order valence-corrected chi connectivity index (χ3v) is 3.61. The summed E-state index contributed by atoms with van der Waals surface area (Å²) in [4.78, 5) is 13.6. The van der Waals surface area contributed by atoms with Crippen molar-refractivity contribution in [1.29, 1.82) is 0 Å². The zero-order valence-electron chi connectivity index (χ0n) is 12.3. The van der Waals surface area contributed by atoms with Gasteiger partial charge in [0.2, 0.25) is 5.91 Å². The number of rotatable bonds is 6. The minimum atomic E-state index is -0.214. The third-order valence-electron chi connectivity index (χ3n) is 3.61. The Labute approximate surface area is 131 Å². The number of benzene rings is 1. The molecule has 1 atom stereocenters. The number of nitrogens with zero attached hydrogens (tertiary/aromatic N) is 1. The second-order valence-corrected chi connectivity index (χ2v) is 5.17. The van der Waals surface area contributed by atoms with Gasteiger partial charge in [0.25, 0.3) is 0 Å².